The standard InChI is InChI=1S/C30H29F5N4O2/c1-4-39-24-12-11-22(10-7-20(24)14-25(39)19-5-8-21(9-6-19)30(33,34)35)38-29(41)23-13-18(15-36-26(23)27(31)32)16-37-28(40)17(2)3/h5-6,8-15,17,27H,4,7,16H2,1-3H3,(H,37,40)(H,38,41). The Morgan fingerprint density at radius 3 is 2.39 bits per heavy atom. The van der Waals surface area contributed by atoms with Gasteiger partial charge in [0, 0.05) is 42.3 Å². The van der Waals surface area contributed by atoms with Crippen molar-refractivity contribution in [2.24, 2.45) is 5.92 Å². The van der Waals surface area contributed by atoms with Crippen molar-refractivity contribution in [2.45, 2.75) is 52.9 Å². The minimum Gasteiger partial charge on any atom is -0.352 e. The van der Waals surface area contributed by atoms with Gasteiger partial charge in [-0.25, -0.2) is 8.78 Å². The van der Waals surface area contributed by atoms with E-state index in [0.29, 0.717) is 29.8 Å². The van der Waals surface area contributed by atoms with Gasteiger partial charge in [0.05, 0.1) is 11.1 Å². The van der Waals surface area contributed by atoms with Gasteiger partial charge in [0.2, 0.25) is 5.91 Å². The third-order valence-electron chi connectivity index (χ3n) is 6.68. The van der Waals surface area contributed by atoms with E-state index in [9.17, 15) is 31.5 Å². The number of nitrogens with zero attached hydrogens (tertiary/aromatic N) is 2. The molecule has 11 heteroatoms. The molecule has 0 saturated carbocycles. The zero-order valence-corrected chi connectivity index (χ0v) is 22.7. The Balaban J connectivity index is 1.55. The average molecular weight is 573 g/mol. The zero-order valence-electron chi connectivity index (χ0n) is 22.7. The highest BCUT2D eigenvalue weighted by Gasteiger charge is 2.30. The summed E-state index contributed by atoms with van der Waals surface area (Å²) in [7, 11) is 0. The summed E-state index contributed by atoms with van der Waals surface area (Å²) < 4.78 is 68.3. The van der Waals surface area contributed by atoms with E-state index < -0.39 is 29.8 Å². The Hall–Kier alpha value is -4.28. The number of fused-ring (bicyclic) bond motifs is 1. The van der Waals surface area contributed by atoms with Gasteiger partial charge in [-0.3, -0.25) is 14.6 Å². The quantitative estimate of drug-likeness (QED) is 0.296. The van der Waals surface area contributed by atoms with Crippen LogP contribution in [0.5, 0.6) is 0 Å². The summed E-state index contributed by atoms with van der Waals surface area (Å²) in [6.45, 7) is 5.93. The van der Waals surface area contributed by atoms with Gasteiger partial charge in [0.25, 0.3) is 12.3 Å². The number of amides is 2. The predicted molar refractivity (Wildman–Crippen MR) is 145 cm³/mol. The third-order valence-corrected chi connectivity index (χ3v) is 6.68. The van der Waals surface area contributed by atoms with Crippen molar-refractivity contribution in [3.05, 3.63) is 94.1 Å². The number of benzene rings is 1. The van der Waals surface area contributed by atoms with Crippen molar-refractivity contribution < 1.29 is 31.5 Å². The molecular weight excluding hydrogens is 543 g/mol. The lowest BCUT2D eigenvalue weighted by Crippen LogP contribution is -2.28. The van der Waals surface area contributed by atoms with Crippen molar-refractivity contribution in [3.8, 4) is 11.3 Å². The molecule has 1 aliphatic carbocycles. The second kappa shape index (κ2) is 12.1. The van der Waals surface area contributed by atoms with E-state index in [-0.39, 0.29) is 23.9 Å². The number of hydrogen-bond acceptors (Lipinski definition) is 3. The van der Waals surface area contributed by atoms with Crippen molar-refractivity contribution in [1.29, 1.82) is 0 Å². The van der Waals surface area contributed by atoms with Crippen LogP contribution in [-0.2, 0) is 30.5 Å². The van der Waals surface area contributed by atoms with Crippen molar-refractivity contribution >= 4 is 17.9 Å². The van der Waals surface area contributed by atoms with Gasteiger partial charge in [0.1, 0.15) is 5.69 Å². The molecule has 6 nitrogen and oxygen atoms in total. The second-order valence-corrected chi connectivity index (χ2v) is 9.86. The highest BCUT2D eigenvalue weighted by atomic mass is 19.4. The van der Waals surface area contributed by atoms with E-state index in [1.807, 2.05) is 17.6 Å². The lowest BCUT2D eigenvalue weighted by atomic mass is 10.1. The Kier molecular flexibility index (Phi) is 8.74. The summed E-state index contributed by atoms with van der Waals surface area (Å²) >= 11 is 0. The maximum absolute atomic E-state index is 13.7. The van der Waals surface area contributed by atoms with Gasteiger partial charge in [-0.1, -0.05) is 32.1 Å². The first-order valence-electron chi connectivity index (χ1n) is 13.0. The first-order chi connectivity index (χ1) is 19.4. The molecule has 216 valence electrons. The number of pyridine rings is 1. The fourth-order valence-corrected chi connectivity index (χ4v) is 4.50. The van der Waals surface area contributed by atoms with Crippen molar-refractivity contribution in [2.75, 3.05) is 0 Å². The van der Waals surface area contributed by atoms with Gasteiger partial charge >= 0.3 is 6.18 Å². The van der Waals surface area contributed by atoms with Crippen LogP contribution in [0.25, 0.3) is 17.3 Å². The number of carbonyl (C=O) groups is 2. The van der Waals surface area contributed by atoms with Crippen LogP contribution in [0.2, 0.25) is 0 Å². The molecule has 2 N–H and O–H groups in total. The molecule has 1 aliphatic rings. The number of aromatic nitrogens is 2. The van der Waals surface area contributed by atoms with Gasteiger partial charge in [0.15, 0.2) is 0 Å². The predicted octanol–water partition coefficient (Wildman–Crippen LogP) is 6.68. The van der Waals surface area contributed by atoms with Gasteiger partial charge in [-0.2, -0.15) is 13.2 Å². The lowest BCUT2D eigenvalue weighted by molar-refractivity contribution is -0.137. The highest BCUT2D eigenvalue weighted by molar-refractivity contribution is 5.97. The number of allylic oxidation sites excluding steroid dienone is 2. The van der Waals surface area contributed by atoms with E-state index in [4.69, 9.17) is 0 Å². The third kappa shape index (κ3) is 6.72. The summed E-state index contributed by atoms with van der Waals surface area (Å²) in [6.07, 6.45) is -0.652. The fraction of sp³-hybridized carbons (Fsp3) is 0.300. The van der Waals surface area contributed by atoms with Crippen LogP contribution in [0.3, 0.4) is 0 Å². The van der Waals surface area contributed by atoms with E-state index >= 15 is 0 Å². The first kappa shape index (κ1) is 29.7. The molecule has 0 unspecified atom stereocenters. The van der Waals surface area contributed by atoms with E-state index in [0.717, 1.165) is 29.1 Å². The van der Waals surface area contributed by atoms with E-state index in [2.05, 4.69) is 15.6 Å². The topological polar surface area (TPSA) is 76.0 Å². The Bertz CT molecular complexity index is 1500. The molecule has 0 saturated heterocycles. The van der Waals surface area contributed by atoms with Gasteiger partial charge in [-0.15, -0.1) is 0 Å². The number of rotatable bonds is 8. The molecule has 2 amide bonds. The molecule has 0 aliphatic heterocycles. The number of alkyl halides is 5. The maximum Gasteiger partial charge on any atom is 0.416 e. The summed E-state index contributed by atoms with van der Waals surface area (Å²) in [6, 6.07) is 8.15. The number of carbonyl (C=O) groups excluding carboxylic acids is 2. The summed E-state index contributed by atoms with van der Waals surface area (Å²) in [5, 5.41) is 5.34. The van der Waals surface area contributed by atoms with Crippen LogP contribution in [0.15, 0.2) is 60.4 Å². The maximum atomic E-state index is 13.7. The Labute approximate surface area is 234 Å². The summed E-state index contributed by atoms with van der Waals surface area (Å²) in [5.41, 5.74) is 2.21. The minimum absolute atomic E-state index is 0.0352. The molecule has 0 atom stereocenters. The van der Waals surface area contributed by atoms with E-state index in [1.54, 1.807) is 32.1 Å². The Morgan fingerprint density at radius 2 is 1.78 bits per heavy atom. The van der Waals surface area contributed by atoms with Crippen LogP contribution >= 0.6 is 0 Å². The van der Waals surface area contributed by atoms with Crippen molar-refractivity contribution in [3.63, 3.8) is 0 Å². The number of nitrogens with one attached hydrogen (secondary N) is 2. The molecule has 0 bridgehead atoms. The van der Waals surface area contributed by atoms with Crippen LogP contribution in [0.4, 0.5) is 22.0 Å². The fourth-order valence-electron chi connectivity index (χ4n) is 4.50. The smallest absolute Gasteiger partial charge is 0.352 e. The molecular formula is C30H29F5N4O2. The molecule has 41 heavy (non-hydrogen) atoms. The molecule has 0 radical (unpaired) electrons. The normalized spacial score (nSPS) is 13.2. The second-order valence-electron chi connectivity index (χ2n) is 9.86. The largest absolute Gasteiger partial charge is 0.416 e. The number of hydrogen-bond donors (Lipinski definition) is 2. The average Bonchev–Trinajstić information content (AvgIpc) is 3.18. The minimum atomic E-state index is -4.42. The summed E-state index contributed by atoms with van der Waals surface area (Å²) in [4.78, 5) is 28.7. The Morgan fingerprint density at radius 1 is 1.07 bits per heavy atom. The highest BCUT2D eigenvalue weighted by Crippen LogP contribution is 2.33. The van der Waals surface area contributed by atoms with E-state index in [1.165, 1.54) is 24.4 Å². The monoisotopic (exact) mass is 572 g/mol. The molecule has 0 fully saturated rings. The molecule has 0 spiro atoms. The number of halogens is 5. The van der Waals surface area contributed by atoms with Gasteiger partial charge < -0.3 is 15.2 Å². The van der Waals surface area contributed by atoms with Crippen molar-refractivity contribution in [1.82, 2.24) is 20.2 Å². The zero-order chi connectivity index (χ0) is 29.9. The van der Waals surface area contributed by atoms with Crippen LogP contribution in [-0.4, -0.2) is 21.4 Å². The SMILES string of the molecule is CCn1c(-c2ccc(C(F)(F)F)cc2)cc2c1C=CC(NC(=O)c1cc(CNC(=O)C(C)C)cnc1C(F)F)=CC2. The first-order valence-corrected chi connectivity index (χ1v) is 13.0. The molecule has 1 aromatic carbocycles. The molecule has 4 rings (SSSR count). The van der Waals surface area contributed by atoms with Crippen LogP contribution in [0.1, 0.15) is 65.6 Å². The van der Waals surface area contributed by atoms with Crippen LogP contribution < -0.4 is 10.6 Å². The summed E-state index contributed by atoms with van der Waals surface area (Å²) in [5.74, 6) is -1.25. The lowest BCUT2D eigenvalue weighted by Gasteiger charge is -2.13. The molecule has 2 heterocycles. The van der Waals surface area contributed by atoms with Crippen LogP contribution in [0, 0.1) is 5.92 Å². The molecule has 2 aromatic heterocycles. The van der Waals surface area contributed by atoms with Gasteiger partial charge in [-0.05, 0) is 66.5 Å². The molecule has 3 aromatic rings.